The Bertz CT molecular complexity index is 1010. The minimum atomic E-state index is -0.731. The topological polar surface area (TPSA) is 86.5 Å². The highest BCUT2D eigenvalue weighted by Crippen LogP contribution is 2.42. The van der Waals surface area contributed by atoms with Crippen LogP contribution in [-0.2, 0) is 18.9 Å². The van der Waals surface area contributed by atoms with Crippen molar-refractivity contribution in [1.29, 1.82) is 0 Å². The molecule has 1 aromatic heterocycles. The number of hydrogen-bond donors (Lipinski definition) is 0. The first kappa shape index (κ1) is 20.2. The van der Waals surface area contributed by atoms with Gasteiger partial charge in [-0.15, -0.1) is 6.58 Å². The Hall–Kier alpha value is -2.69. The highest BCUT2D eigenvalue weighted by molar-refractivity contribution is 6.01. The van der Waals surface area contributed by atoms with Crippen LogP contribution in [0.1, 0.15) is 25.7 Å². The van der Waals surface area contributed by atoms with Gasteiger partial charge in [0.2, 0.25) is 5.58 Å². The number of carbonyl (C=O) groups excluding carboxylic acids is 1. The zero-order valence-electron chi connectivity index (χ0n) is 17.4. The quantitative estimate of drug-likeness (QED) is 0.680. The molecule has 0 radical (unpaired) electrons. The first-order valence-electron chi connectivity index (χ1n) is 10.3. The van der Waals surface area contributed by atoms with Gasteiger partial charge in [-0.25, -0.2) is 14.1 Å². The van der Waals surface area contributed by atoms with Crippen LogP contribution >= 0.6 is 0 Å². The van der Waals surface area contributed by atoms with Gasteiger partial charge in [0.1, 0.15) is 6.61 Å². The monoisotopic (exact) mass is 433 g/mol. The molecule has 10 heteroatoms. The Labute approximate surface area is 178 Å². The third kappa shape index (κ3) is 3.35. The minimum absolute atomic E-state index is 0.0407. The molecule has 3 unspecified atom stereocenters. The second-order valence-corrected chi connectivity index (χ2v) is 8.00. The summed E-state index contributed by atoms with van der Waals surface area (Å²) in [5, 5.41) is 4.35. The number of amides is 1. The van der Waals surface area contributed by atoms with Crippen LogP contribution in [0, 0.1) is 5.82 Å². The standard InChI is InChI=1S/C21H24FN3O6/c1-4-13-10-29-21(26)25(13)19-15-7-14(20-27-5-6-28-20)17(16(22)18(15)31-23-19)24-8-11(2)30-12(3)9-24/h4,7,11-13,20H,1,5-6,8-10H2,2-3H3. The summed E-state index contributed by atoms with van der Waals surface area (Å²) in [6.07, 6.45) is 0.114. The fourth-order valence-electron chi connectivity index (χ4n) is 4.46. The first-order chi connectivity index (χ1) is 15.0. The van der Waals surface area contributed by atoms with Gasteiger partial charge in [-0.1, -0.05) is 11.2 Å². The lowest BCUT2D eigenvalue weighted by atomic mass is 10.0. The summed E-state index contributed by atoms with van der Waals surface area (Å²) in [5.41, 5.74) is 0.824. The number of rotatable bonds is 4. The van der Waals surface area contributed by atoms with Crippen molar-refractivity contribution in [2.75, 3.05) is 42.7 Å². The van der Waals surface area contributed by atoms with E-state index in [0.29, 0.717) is 42.9 Å². The van der Waals surface area contributed by atoms with Gasteiger partial charge >= 0.3 is 6.09 Å². The van der Waals surface area contributed by atoms with Gasteiger partial charge in [0, 0.05) is 18.7 Å². The van der Waals surface area contributed by atoms with Gasteiger partial charge in [0.25, 0.3) is 0 Å². The van der Waals surface area contributed by atoms with Crippen molar-refractivity contribution in [3.05, 3.63) is 30.1 Å². The van der Waals surface area contributed by atoms with E-state index in [0.717, 1.165) is 0 Å². The average molecular weight is 433 g/mol. The second-order valence-electron chi connectivity index (χ2n) is 8.00. The number of cyclic esters (lactones) is 1. The van der Waals surface area contributed by atoms with Crippen molar-refractivity contribution in [2.24, 2.45) is 0 Å². The van der Waals surface area contributed by atoms with Crippen LogP contribution in [0.25, 0.3) is 11.0 Å². The molecule has 3 saturated heterocycles. The molecule has 0 aliphatic carbocycles. The Morgan fingerprint density at radius 2 is 1.94 bits per heavy atom. The van der Waals surface area contributed by atoms with Crippen LogP contribution in [0.5, 0.6) is 0 Å². The van der Waals surface area contributed by atoms with Crippen molar-refractivity contribution in [1.82, 2.24) is 5.16 Å². The number of fused-ring (bicyclic) bond motifs is 1. The number of nitrogens with zero attached hydrogens (tertiary/aromatic N) is 3. The van der Waals surface area contributed by atoms with E-state index in [2.05, 4.69) is 11.7 Å². The number of ether oxygens (including phenoxy) is 4. The number of halogens is 1. The van der Waals surface area contributed by atoms with Crippen LogP contribution in [-0.4, -0.2) is 62.4 Å². The van der Waals surface area contributed by atoms with Crippen molar-refractivity contribution < 1.29 is 32.7 Å². The molecule has 3 aliphatic rings. The highest BCUT2D eigenvalue weighted by atomic mass is 19.1. The van der Waals surface area contributed by atoms with Crippen LogP contribution in [0.15, 0.2) is 23.2 Å². The van der Waals surface area contributed by atoms with Crippen LogP contribution in [0.3, 0.4) is 0 Å². The lowest BCUT2D eigenvalue weighted by Gasteiger charge is -2.38. The molecular weight excluding hydrogens is 409 g/mol. The predicted molar refractivity (Wildman–Crippen MR) is 109 cm³/mol. The molecule has 0 N–H and O–H groups in total. The summed E-state index contributed by atoms with van der Waals surface area (Å²) in [4.78, 5) is 15.5. The molecule has 3 atom stereocenters. The molecule has 0 bridgehead atoms. The fourth-order valence-corrected chi connectivity index (χ4v) is 4.46. The third-order valence-electron chi connectivity index (χ3n) is 5.71. The SMILES string of the molecule is C=CC1COC(=O)N1c1noc2c(F)c(N3CC(C)OC(C)C3)c(C3OCCO3)cc12. The second kappa shape index (κ2) is 7.77. The van der Waals surface area contributed by atoms with E-state index in [4.69, 9.17) is 23.5 Å². The van der Waals surface area contributed by atoms with Crippen molar-refractivity contribution in [3.8, 4) is 0 Å². The van der Waals surface area contributed by atoms with E-state index >= 15 is 4.39 Å². The highest BCUT2D eigenvalue weighted by Gasteiger charge is 2.38. The molecule has 9 nitrogen and oxygen atoms in total. The maximum absolute atomic E-state index is 15.9. The molecule has 4 heterocycles. The molecule has 0 spiro atoms. The van der Waals surface area contributed by atoms with Gasteiger partial charge in [-0.05, 0) is 19.9 Å². The molecule has 166 valence electrons. The predicted octanol–water partition coefficient (Wildman–Crippen LogP) is 3.14. The van der Waals surface area contributed by atoms with Crippen LogP contribution in [0.2, 0.25) is 0 Å². The molecule has 1 aromatic carbocycles. The van der Waals surface area contributed by atoms with Crippen LogP contribution in [0.4, 0.5) is 20.7 Å². The molecule has 3 fully saturated rings. The molecule has 1 amide bonds. The van der Waals surface area contributed by atoms with E-state index < -0.39 is 24.2 Å². The Morgan fingerprint density at radius 3 is 2.61 bits per heavy atom. The summed E-state index contributed by atoms with van der Waals surface area (Å²) in [6, 6.07) is 1.30. The largest absolute Gasteiger partial charge is 0.447 e. The minimum Gasteiger partial charge on any atom is -0.447 e. The zero-order valence-corrected chi connectivity index (χ0v) is 17.4. The molecule has 0 saturated carbocycles. The van der Waals surface area contributed by atoms with Gasteiger partial charge in [0.05, 0.1) is 42.5 Å². The maximum Gasteiger partial charge on any atom is 0.416 e. The van der Waals surface area contributed by atoms with Crippen molar-refractivity contribution >= 4 is 28.6 Å². The van der Waals surface area contributed by atoms with E-state index in [1.165, 1.54) is 4.90 Å². The molecule has 5 rings (SSSR count). The van der Waals surface area contributed by atoms with Gasteiger partial charge in [-0.3, -0.25) is 0 Å². The number of morpholine rings is 1. The lowest BCUT2D eigenvalue weighted by Crippen LogP contribution is -2.46. The number of carbonyl (C=O) groups is 1. The molecule has 3 aliphatic heterocycles. The number of benzene rings is 1. The van der Waals surface area contributed by atoms with E-state index in [1.807, 2.05) is 18.7 Å². The summed E-state index contributed by atoms with van der Waals surface area (Å²) < 4.78 is 43.7. The smallest absolute Gasteiger partial charge is 0.416 e. The Balaban J connectivity index is 1.67. The average Bonchev–Trinajstić information content (AvgIpc) is 3.46. The zero-order chi connectivity index (χ0) is 21.7. The normalized spacial score (nSPS) is 27.3. The van der Waals surface area contributed by atoms with Crippen molar-refractivity contribution in [3.63, 3.8) is 0 Å². The van der Waals surface area contributed by atoms with E-state index in [-0.39, 0.29) is 30.2 Å². The number of aromatic nitrogens is 1. The molecular formula is C21H24FN3O6. The van der Waals surface area contributed by atoms with Gasteiger partial charge in [-0.2, -0.15) is 0 Å². The van der Waals surface area contributed by atoms with E-state index in [1.54, 1.807) is 12.1 Å². The summed E-state index contributed by atoms with van der Waals surface area (Å²) >= 11 is 0. The number of hydrogen-bond acceptors (Lipinski definition) is 8. The van der Waals surface area contributed by atoms with E-state index in [9.17, 15) is 4.79 Å². The third-order valence-corrected chi connectivity index (χ3v) is 5.71. The Morgan fingerprint density at radius 1 is 1.23 bits per heavy atom. The summed E-state index contributed by atoms with van der Waals surface area (Å²) in [7, 11) is 0. The fraction of sp³-hybridized carbons (Fsp3) is 0.524. The van der Waals surface area contributed by atoms with Crippen molar-refractivity contribution in [2.45, 2.75) is 38.4 Å². The van der Waals surface area contributed by atoms with Gasteiger partial charge in [0.15, 0.2) is 17.9 Å². The van der Waals surface area contributed by atoms with Gasteiger partial charge < -0.3 is 28.4 Å². The maximum atomic E-state index is 15.9. The van der Waals surface area contributed by atoms with Crippen LogP contribution < -0.4 is 9.80 Å². The number of anilines is 2. The lowest BCUT2D eigenvalue weighted by molar-refractivity contribution is -0.0445. The summed E-state index contributed by atoms with van der Waals surface area (Å²) in [5.74, 6) is -0.398. The Kier molecular flexibility index (Phi) is 5.07. The molecule has 31 heavy (non-hydrogen) atoms. The molecule has 2 aromatic rings. The summed E-state index contributed by atoms with van der Waals surface area (Å²) in [6.45, 7) is 9.60. The first-order valence-corrected chi connectivity index (χ1v) is 10.3.